The van der Waals surface area contributed by atoms with Gasteiger partial charge in [0.25, 0.3) is 0 Å². The molecule has 118 valence electrons. The third kappa shape index (κ3) is 6.68. The van der Waals surface area contributed by atoms with E-state index in [9.17, 15) is 9.59 Å². The van der Waals surface area contributed by atoms with Crippen LogP contribution in [0.4, 0.5) is 5.13 Å². The zero-order valence-corrected chi connectivity index (χ0v) is 14.0. The van der Waals surface area contributed by atoms with Crippen molar-refractivity contribution in [1.29, 1.82) is 0 Å². The van der Waals surface area contributed by atoms with Gasteiger partial charge in [-0.3, -0.25) is 9.59 Å². The lowest BCUT2D eigenvalue weighted by molar-refractivity contribution is -0.134. The van der Waals surface area contributed by atoms with Gasteiger partial charge in [-0.15, -0.1) is 11.3 Å². The number of aromatic nitrogens is 1. The lowest BCUT2D eigenvalue weighted by Crippen LogP contribution is -2.41. The van der Waals surface area contributed by atoms with E-state index in [1.165, 1.54) is 11.3 Å². The summed E-state index contributed by atoms with van der Waals surface area (Å²) in [5.74, 6) is -0.183. The van der Waals surface area contributed by atoms with Crippen LogP contribution in [0.3, 0.4) is 0 Å². The van der Waals surface area contributed by atoms with Gasteiger partial charge in [-0.05, 0) is 27.4 Å². The summed E-state index contributed by atoms with van der Waals surface area (Å²) in [5.41, 5.74) is 0.877. The fraction of sp³-hybridized carbons (Fsp3) is 0.643. The van der Waals surface area contributed by atoms with E-state index in [2.05, 4.69) is 10.3 Å². The molecule has 0 unspecified atom stereocenters. The Labute approximate surface area is 130 Å². The molecule has 1 rings (SSSR count). The Morgan fingerprint density at radius 3 is 2.57 bits per heavy atom. The average molecular weight is 312 g/mol. The van der Waals surface area contributed by atoms with Crippen molar-refractivity contribution in [1.82, 2.24) is 14.8 Å². The van der Waals surface area contributed by atoms with E-state index in [-0.39, 0.29) is 18.4 Å². The Bertz CT molecular complexity index is 473. The number of nitrogens with zero attached hydrogens (tertiary/aromatic N) is 3. The maximum atomic E-state index is 12.1. The molecule has 2 amide bonds. The first-order chi connectivity index (χ1) is 9.92. The molecule has 21 heavy (non-hydrogen) atoms. The van der Waals surface area contributed by atoms with Crippen molar-refractivity contribution in [3.8, 4) is 0 Å². The zero-order valence-electron chi connectivity index (χ0n) is 13.2. The van der Waals surface area contributed by atoms with Crippen molar-refractivity contribution in [2.24, 2.45) is 0 Å². The van der Waals surface area contributed by atoms with Gasteiger partial charge in [-0.1, -0.05) is 6.92 Å². The van der Waals surface area contributed by atoms with Gasteiger partial charge >= 0.3 is 0 Å². The standard InChI is InChI=1S/C14H24N4O2S/c1-5-6-13(20)18(8-7-17(3)4)9-12(19)16-14-15-11(2)10-21-14/h10H,5-9H2,1-4H3,(H,15,16,19). The van der Waals surface area contributed by atoms with Crippen molar-refractivity contribution in [3.05, 3.63) is 11.1 Å². The molecule has 1 aromatic heterocycles. The second-order valence-corrected chi connectivity index (χ2v) is 6.07. The molecule has 7 heteroatoms. The summed E-state index contributed by atoms with van der Waals surface area (Å²) >= 11 is 1.39. The van der Waals surface area contributed by atoms with Crippen LogP contribution in [0.1, 0.15) is 25.5 Å². The second-order valence-electron chi connectivity index (χ2n) is 5.21. The van der Waals surface area contributed by atoms with Crippen LogP contribution in [-0.4, -0.2) is 60.3 Å². The summed E-state index contributed by atoms with van der Waals surface area (Å²) in [6, 6.07) is 0. The number of carbonyl (C=O) groups excluding carboxylic acids is 2. The molecule has 0 saturated heterocycles. The average Bonchev–Trinajstić information content (AvgIpc) is 2.79. The van der Waals surface area contributed by atoms with Gasteiger partial charge in [0.05, 0.1) is 12.2 Å². The molecule has 0 saturated carbocycles. The Morgan fingerprint density at radius 1 is 1.33 bits per heavy atom. The third-order valence-electron chi connectivity index (χ3n) is 2.83. The van der Waals surface area contributed by atoms with Crippen LogP contribution in [0, 0.1) is 6.92 Å². The summed E-state index contributed by atoms with van der Waals surface area (Å²) in [6.07, 6.45) is 1.25. The highest BCUT2D eigenvalue weighted by Gasteiger charge is 2.17. The smallest absolute Gasteiger partial charge is 0.245 e. The van der Waals surface area contributed by atoms with E-state index in [0.717, 1.165) is 18.7 Å². The van der Waals surface area contributed by atoms with Crippen LogP contribution in [0.25, 0.3) is 0 Å². The molecule has 0 bridgehead atoms. The van der Waals surface area contributed by atoms with Crippen molar-refractivity contribution in [2.45, 2.75) is 26.7 Å². The highest BCUT2D eigenvalue weighted by Crippen LogP contribution is 2.14. The minimum absolute atomic E-state index is 0.0184. The molecule has 0 spiro atoms. The van der Waals surface area contributed by atoms with Crippen molar-refractivity contribution >= 4 is 28.3 Å². The molecule has 0 aliphatic heterocycles. The quantitative estimate of drug-likeness (QED) is 0.791. The minimum Gasteiger partial charge on any atom is -0.332 e. The molecule has 1 N–H and O–H groups in total. The molecule has 1 aromatic rings. The van der Waals surface area contributed by atoms with Crippen molar-refractivity contribution < 1.29 is 9.59 Å². The van der Waals surface area contributed by atoms with E-state index >= 15 is 0 Å². The summed E-state index contributed by atoms with van der Waals surface area (Å²) in [7, 11) is 3.89. The Kier molecular flexibility index (Phi) is 7.31. The van der Waals surface area contributed by atoms with E-state index in [0.29, 0.717) is 18.1 Å². The van der Waals surface area contributed by atoms with Crippen LogP contribution in [-0.2, 0) is 9.59 Å². The normalized spacial score (nSPS) is 10.7. The fourth-order valence-electron chi connectivity index (χ4n) is 1.73. The number of likely N-dealkylation sites (N-methyl/N-ethyl adjacent to an activating group) is 1. The molecule has 0 atom stereocenters. The molecular formula is C14H24N4O2S. The first-order valence-corrected chi connectivity index (χ1v) is 7.94. The molecule has 0 aliphatic rings. The molecule has 0 aliphatic carbocycles. The highest BCUT2D eigenvalue weighted by molar-refractivity contribution is 7.13. The number of anilines is 1. The molecule has 0 fully saturated rings. The number of hydrogen-bond donors (Lipinski definition) is 1. The molecule has 0 aromatic carbocycles. The minimum atomic E-state index is -0.201. The predicted octanol–water partition coefficient (Wildman–Crippen LogP) is 1.58. The number of thiazole rings is 1. The Balaban J connectivity index is 2.57. The van der Waals surface area contributed by atoms with Gasteiger partial charge < -0.3 is 15.1 Å². The molecular weight excluding hydrogens is 288 g/mol. The van der Waals surface area contributed by atoms with Gasteiger partial charge in [0.2, 0.25) is 11.8 Å². The van der Waals surface area contributed by atoms with Crippen molar-refractivity contribution in [3.63, 3.8) is 0 Å². The highest BCUT2D eigenvalue weighted by atomic mass is 32.1. The summed E-state index contributed by atoms with van der Waals surface area (Å²) in [6.45, 7) is 5.20. The molecule has 1 heterocycles. The van der Waals surface area contributed by atoms with E-state index in [1.54, 1.807) is 4.90 Å². The maximum absolute atomic E-state index is 12.1. The lowest BCUT2D eigenvalue weighted by atomic mass is 10.3. The van der Waals surface area contributed by atoms with E-state index < -0.39 is 0 Å². The first kappa shape index (κ1) is 17.6. The monoisotopic (exact) mass is 312 g/mol. The maximum Gasteiger partial charge on any atom is 0.245 e. The SMILES string of the molecule is CCCC(=O)N(CCN(C)C)CC(=O)Nc1nc(C)cs1. The van der Waals surface area contributed by atoms with Crippen LogP contribution in [0.2, 0.25) is 0 Å². The summed E-state index contributed by atoms with van der Waals surface area (Å²) in [4.78, 5) is 31.9. The number of nitrogens with one attached hydrogen (secondary N) is 1. The Morgan fingerprint density at radius 2 is 2.05 bits per heavy atom. The fourth-order valence-corrected chi connectivity index (χ4v) is 2.43. The summed E-state index contributed by atoms with van der Waals surface area (Å²) < 4.78 is 0. The largest absolute Gasteiger partial charge is 0.332 e. The van der Waals surface area contributed by atoms with Crippen molar-refractivity contribution in [2.75, 3.05) is 39.0 Å². The summed E-state index contributed by atoms with van der Waals surface area (Å²) in [5, 5.41) is 5.19. The van der Waals surface area contributed by atoms with Gasteiger partial charge in [0.1, 0.15) is 0 Å². The lowest BCUT2D eigenvalue weighted by Gasteiger charge is -2.23. The van der Waals surface area contributed by atoms with Gasteiger partial charge in [-0.25, -0.2) is 4.98 Å². The second kappa shape index (κ2) is 8.74. The van der Waals surface area contributed by atoms with E-state index in [1.807, 2.05) is 38.2 Å². The number of amides is 2. The number of carbonyl (C=O) groups is 2. The van der Waals surface area contributed by atoms with Gasteiger partial charge in [0.15, 0.2) is 5.13 Å². The van der Waals surface area contributed by atoms with Crippen LogP contribution in [0.15, 0.2) is 5.38 Å². The predicted molar refractivity (Wildman–Crippen MR) is 85.5 cm³/mol. The van der Waals surface area contributed by atoms with Crippen LogP contribution < -0.4 is 5.32 Å². The molecule has 0 radical (unpaired) electrons. The number of hydrogen-bond acceptors (Lipinski definition) is 5. The van der Waals surface area contributed by atoms with Crippen LogP contribution >= 0.6 is 11.3 Å². The van der Waals surface area contributed by atoms with Gasteiger partial charge in [-0.2, -0.15) is 0 Å². The number of rotatable bonds is 8. The first-order valence-electron chi connectivity index (χ1n) is 7.06. The third-order valence-corrected chi connectivity index (χ3v) is 3.71. The molecule has 6 nitrogen and oxygen atoms in total. The Hall–Kier alpha value is -1.47. The topological polar surface area (TPSA) is 65.5 Å². The van der Waals surface area contributed by atoms with Crippen LogP contribution in [0.5, 0.6) is 0 Å². The van der Waals surface area contributed by atoms with Gasteiger partial charge in [0, 0.05) is 24.9 Å². The number of aryl methyl sites for hydroxylation is 1. The zero-order chi connectivity index (χ0) is 15.8. The van der Waals surface area contributed by atoms with E-state index in [4.69, 9.17) is 0 Å².